The van der Waals surface area contributed by atoms with Gasteiger partial charge in [-0.1, -0.05) is 58.0 Å². The molecule has 0 aliphatic carbocycles. The molecular formula is C32H50O6Si. The number of rotatable bonds is 14. The zero-order valence-corrected chi connectivity index (χ0v) is 26.7. The van der Waals surface area contributed by atoms with Gasteiger partial charge in [-0.15, -0.1) is 0 Å². The minimum atomic E-state index is -1.85. The molecule has 0 spiro atoms. The van der Waals surface area contributed by atoms with Crippen LogP contribution >= 0.6 is 0 Å². The Kier molecular flexibility index (Phi) is 12.2. The molecule has 1 N–H and O–H groups in total. The van der Waals surface area contributed by atoms with E-state index in [0.717, 1.165) is 28.9 Å². The molecule has 0 aromatic heterocycles. The maximum atomic E-state index is 13.0. The van der Waals surface area contributed by atoms with E-state index >= 15 is 0 Å². The second kappa shape index (κ2) is 14.4. The molecule has 2 aromatic carbocycles. The second-order valence-electron chi connectivity index (χ2n) is 12.2. The maximum absolute atomic E-state index is 13.0. The van der Waals surface area contributed by atoms with Gasteiger partial charge < -0.3 is 23.7 Å². The summed E-state index contributed by atoms with van der Waals surface area (Å²) in [5.41, 5.74) is 2.79. The third kappa shape index (κ3) is 9.45. The normalized spacial score (nSPS) is 15.4. The van der Waals surface area contributed by atoms with Crippen LogP contribution in [0.25, 0.3) is 0 Å². The smallest absolute Gasteiger partial charge is 0.316 e. The Bertz CT molecular complexity index is 1020. The van der Waals surface area contributed by atoms with Gasteiger partial charge in [-0.2, -0.15) is 0 Å². The monoisotopic (exact) mass is 558 g/mol. The first-order chi connectivity index (χ1) is 18.2. The van der Waals surface area contributed by atoms with Gasteiger partial charge in [0.1, 0.15) is 11.5 Å². The molecule has 0 heterocycles. The minimum Gasteiger partial charge on any atom is -0.497 e. The first-order valence-electron chi connectivity index (χ1n) is 14.0. The Morgan fingerprint density at radius 2 is 1.59 bits per heavy atom. The van der Waals surface area contributed by atoms with E-state index in [1.807, 2.05) is 63.2 Å². The van der Waals surface area contributed by atoms with Gasteiger partial charge in [0.05, 0.1) is 31.8 Å². The third-order valence-corrected chi connectivity index (χ3v) is 12.7. The highest BCUT2D eigenvalue weighted by Crippen LogP contribution is 2.37. The summed E-state index contributed by atoms with van der Waals surface area (Å²) in [6.45, 7) is 19.7. The van der Waals surface area contributed by atoms with Crippen LogP contribution in [0.3, 0.4) is 0 Å². The quantitative estimate of drug-likeness (QED) is 0.114. The molecule has 0 aliphatic rings. The lowest BCUT2D eigenvalue weighted by Gasteiger charge is -2.36. The van der Waals surface area contributed by atoms with Gasteiger partial charge in [-0.05, 0) is 80.6 Å². The molecule has 0 aliphatic heterocycles. The fraction of sp³-hybridized carbons (Fsp3) is 0.594. The number of hydrogen-bond acceptors (Lipinski definition) is 6. The molecule has 218 valence electrons. The van der Waals surface area contributed by atoms with Crippen molar-refractivity contribution in [2.45, 2.75) is 98.3 Å². The molecule has 0 fully saturated rings. The average molecular weight is 559 g/mol. The van der Waals surface area contributed by atoms with Gasteiger partial charge in [-0.3, -0.25) is 4.79 Å². The Morgan fingerprint density at radius 1 is 1.00 bits per heavy atom. The Balaban J connectivity index is 2.10. The number of aliphatic hydroxyl groups is 1. The standard InChI is InChI=1S/C32H50O6Si/c1-22-13-11-14-23(2)30(22)38-31(34)25(4)29(33)24(3)28(15-12-20-37-39(9,10)32(5,6)7)36-21-26-16-18-27(35-8)19-17-26/h11,13-14,16-19,24-25,28-29,33H,12,15,20-21H2,1-10H3. The van der Waals surface area contributed by atoms with Crippen LogP contribution in [0.1, 0.15) is 64.2 Å². The van der Waals surface area contributed by atoms with Crippen molar-refractivity contribution in [1.29, 1.82) is 0 Å². The molecule has 2 rings (SSSR count). The topological polar surface area (TPSA) is 74.2 Å². The summed E-state index contributed by atoms with van der Waals surface area (Å²) in [7, 11) is -0.207. The zero-order chi connectivity index (χ0) is 29.4. The van der Waals surface area contributed by atoms with Crippen molar-refractivity contribution in [3.05, 3.63) is 59.2 Å². The van der Waals surface area contributed by atoms with Gasteiger partial charge >= 0.3 is 5.97 Å². The largest absolute Gasteiger partial charge is 0.497 e. The number of aliphatic hydroxyl groups excluding tert-OH is 1. The van der Waals surface area contributed by atoms with Gasteiger partial charge in [-0.25, -0.2) is 0 Å². The summed E-state index contributed by atoms with van der Waals surface area (Å²) >= 11 is 0. The third-order valence-electron chi connectivity index (χ3n) is 8.15. The van der Waals surface area contributed by atoms with Crippen molar-refractivity contribution in [1.82, 2.24) is 0 Å². The van der Waals surface area contributed by atoms with Crippen molar-refractivity contribution < 1.29 is 28.5 Å². The summed E-state index contributed by atoms with van der Waals surface area (Å²) in [6.07, 6.45) is 0.323. The van der Waals surface area contributed by atoms with Crippen molar-refractivity contribution in [3.63, 3.8) is 0 Å². The van der Waals surface area contributed by atoms with Crippen LogP contribution in [0, 0.1) is 25.7 Å². The van der Waals surface area contributed by atoms with Gasteiger partial charge in [0, 0.05) is 12.5 Å². The number of ether oxygens (including phenoxy) is 3. The number of hydrogen-bond donors (Lipinski definition) is 1. The molecule has 0 bridgehead atoms. The summed E-state index contributed by atoms with van der Waals surface area (Å²) in [4.78, 5) is 13.0. The van der Waals surface area contributed by atoms with Crippen LogP contribution in [-0.2, 0) is 20.6 Å². The number of esters is 1. The number of carbonyl (C=O) groups excluding carboxylic acids is 1. The summed E-state index contributed by atoms with van der Waals surface area (Å²) in [5.74, 6) is -0.101. The fourth-order valence-electron chi connectivity index (χ4n) is 4.22. The number of para-hydroxylation sites is 1. The highest BCUT2D eigenvalue weighted by Gasteiger charge is 2.37. The van der Waals surface area contributed by atoms with Crippen molar-refractivity contribution >= 4 is 14.3 Å². The lowest BCUT2D eigenvalue weighted by Crippen LogP contribution is -2.41. The van der Waals surface area contributed by atoms with Crippen LogP contribution < -0.4 is 9.47 Å². The van der Waals surface area contributed by atoms with Crippen LogP contribution in [0.5, 0.6) is 11.5 Å². The molecular weight excluding hydrogens is 508 g/mol. The van der Waals surface area contributed by atoms with E-state index in [1.165, 1.54) is 0 Å². The molecule has 4 unspecified atom stereocenters. The van der Waals surface area contributed by atoms with Crippen LogP contribution in [-0.4, -0.2) is 45.3 Å². The lowest BCUT2D eigenvalue weighted by molar-refractivity contribution is -0.145. The van der Waals surface area contributed by atoms with Crippen molar-refractivity contribution in [3.8, 4) is 11.5 Å². The molecule has 2 aromatic rings. The number of aryl methyl sites for hydroxylation is 2. The minimum absolute atomic E-state index is 0.145. The van der Waals surface area contributed by atoms with Crippen LogP contribution in [0.4, 0.5) is 0 Å². The van der Waals surface area contributed by atoms with E-state index in [9.17, 15) is 9.90 Å². The van der Waals surface area contributed by atoms with Crippen molar-refractivity contribution in [2.75, 3.05) is 13.7 Å². The Hall–Kier alpha value is -2.19. The molecule has 0 saturated carbocycles. The predicted octanol–water partition coefficient (Wildman–Crippen LogP) is 7.24. The van der Waals surface area contributed by atoms with Gasteiger partial charge in [0.25, 0.3) is 0 Å². The summed E-state index contributed by atoms with van der Waals surface area (Å²) in [6, 6.07) is 13.5. The molecule has 0 saturated heterocycles. The van der Waals surface area contributed by atoms with E-state index in [0.29, 0.717) is 25.4 Å². The highest BCUT2D eigenvalue weighted by molar-refractivity contribution is 6.74. The molecule has 7 heteroatoms. The van der Waals surface area contributed by atoms with Gasteiger partial charge in [0.15, 0.2) is 8.32 Å². The fourth-order valence-corrected chi connectivity index (χ4v) is 5.31. The first kappa shape index (κ1) is 33.0. The van der Waals surface area contributed by atoms with E-state index in [-0.39, 0.29) is 17.1 Å². The average Bonchev–Trinajstić information content (AvgIpc) is 2.88. The first-order valence-corrected chi connectivity index (χ1v) is 16.9. The van der Waals surface area contributed by atoms with Gasteiger partial charge in [0.2, 0.25) is 0 Å². The van der Waals surface area contributed by atoms with E-state index < -0.39 is 26.3 Å². The van der Waals surface area contributed by atoms with Crippen LogP contribution in [0.15, 0.2) is 42.5 Å². The Morgan fingerprint density at radius 3 is 2.13 bits per heavy atom. The summed E-state index contributed by atoms with van der Waals surface area (Å²) < 4.78 is 23.8. The molecule has 4 atom stereocenters. The van der Waals surface area contributed by atoms with Crippen LogP contribution in [0.2, 0.25) is 18.1 Å². The SMILES string of the molecule is COc1ccc(COC(CCCO[Si](C)(C)C(C)(C)C)C(C)C(O)C(C)C(=O)Oc2c(C)cccc2C)cc1. The van der Waals surface area contributed by atoms with E-state index in [2.05, 4.69) is 33.9 Å². The Labute approximate surface area is 237 Å². The summed E-state index contributed by atoms with van der Waals surface area (Å²) in [5, 5.41) is 11.4. The highest BCUT2D eigenvalue weighted by atomic mass is 28.4. The molecule has 39 heavy (non-hydrogen) atoms. The molecule has 0 radical (unpaired) electrons. The van der Waals surface area contributed by atoms with E-state index in [4.69, 9.17) is 18.6 Å². The predicted molar refractivity (Wildman–Crippen MR) is 160 cm³/mol. The number of methoxy groups -OCH3 is 1. The zero-order valence-electron chi connectivity index (χ0n) is 25.7. The van der Waals surface area contributed by atoms with Crippen molar-refractivity contribution in [2.24, 2.45) is 11.8 Å². The second-order valence-corrected chi connectivity index (χ2v) is 17.0. The van der Waals surface area contributed by atoms with E-state index in [1.54, 1.807) is 14.0 Å². The number of carbonyl (C=O) groups is 1. The number of benzene rings is 2. The molecule has 0 amide bonds. The maximum Gasteiger partial charge on any atom is 0.316 e. The lowest BCUT2D eigenvalue weighted by atomic mass is 9.87. The molecule has 6 nitrogen and oxygen atoms in total.